The molecule has 0 aliphatic carbocycles. The van der Waals surface area contributed by atoms with Gasteiger partial charge >= 0.3 is 5.69 Å². The van der Waals surface area contributed by atoms with E-state index in [-0.39, 0.29) is 22.0 Å². The van der Waals surface area contributed by atoms with Gasteiger partial charge in [-0.05, 0) is 78.5 Å². The number of benzene rings is 3. The number of imide groups is 1. The third kappa shape index (κ3) is 5.88. The zero-order valence-electron chi connectivity index (χ0n) is 21.7. The van der Waals surface area contributed by atoms with Gasteiger partial charge in [0.1, 0.15) is 0 Å². The Labute approximate surface area is 237 Å². The third-order valence-corrected chi connectivity index (χ3v) is 7.16. The highest BCUT2D eigenvalue weighted by Gasteiger charge is 2.34. The molecule has 13 heteroatoms. The van der Waals surface area contributed by atoms with Crippen molar-refractivity contribution >= 4 is 56.2 Å². The van der Waals surface area contributed by atoms with E-state index in [2.05, 4.69) is 31.1 Å². The van der Waals surface area contributed by atoms with Crippen LogP contribution in [0.25, 0.3) is 0 Å². The van der Waals surface area contributed by atoms with Crippen molar-refractivity contribution in [3.8, 4) is 0 Å². The summed E-state index contributed by atoms with van der Waals surface area (Å²) >= 11 is 3.12. The first-order valence-electron chi connectivity index (χ1n) is 12.5. The fraction of sp³-hybridized carbons (Fsp3) is 0.259. The maximum atomic E-state index is 12.6. The molecular weight excluding hydrogens is 584 g/mol. The summed E-state index contributed by atoms with van der Waals surface area (Å²) in [4.78, 5) is 49.6. The van der Waals surface area contributed by atoms with Crippen LogP contribution in [-0.2, 0) is 0 Å². The Morgan fingerprint density at radius 1 is 0.925 bits per heavy atom. The van der Waals surface area contributed by atoms with Crippen molar-refractivity contribution in [1.29, 1.82) is 0 Å². The van der Waals surface area contributed by atoms with E-state index in [1.807, 2.05) is 26.0 Å². The molecule has 0 unspecified atom stereocenters. The Hall–Kier alpha value is -4.52. The summed E-state index contributed by atoms with van der Waals surface area (Å²) in [6.45, 7) is 5.66. The molecule has 0 N–H and O–H groups in total. The Morgan fingerprint density at radius 3 is 2.17 bits per heavy atom. The van der Waals surface area contributed by atoms with E-state index in [4.69, 9.17) is 0 Å². The highest BCUT2D eigenvalue weighted by Crippen LogP contribution is 2.40. The van der Waals surface area contributed by atoms with E-state index < -0.39 is 21.2 Å². The van der Waals surface area contributed by atoms with Gasteiger partial charge in [-0.1, -0.05) is 12.1 Å². The minimum atomic E-state index is -0.741. The molecule has 4 rings (SSSR count). The van der Waals surface area contributed by atoms with Gasteiger partial charge in [0.25, 0.3) is 17.5 Å². The van der Waals surface area contributed by atoms with Crippen LogP contribution in [0.1, 0.15) is 46.0 Å². The van der Waals surface area contributed by atoms with Gasteiger partial charge in [0.05, 0.1) is 37.2 Å². The molecule has 40 heavy (non-hydrogen) atoms. The summed E-state index contributed by atoms with van der Waals surface area (Å²) in [7, 11) is 0. The monoisotopic (exact) mass is 608 g/mol. The number of nitro groups is 2. The van der Waals surface area contributed by atoms with Crippen LogP contribution in [0.3, 0.4) is 0 Å². The molecule has 206 valence electrons. The lowest BCUT2D eigenvalue weighted by atomic mass is 10.1. The third-order valence-electron chi connectivity index (χ3n) is 6.56. The SMILES string of the molecule is CCN(CCCCN1C(=O)c2ccccc2C1=O)c1ccc(N=Nc2c(Br)cc([N+](=O)[O-])cc2[N+](=O)[O-])c(C)c1. The highest BCUT2D eigenvalue weighted by atomic mass is 79.9. The van der Waals surface area contributed by atoms with E-state index in [1.165, 1.54) is 4.90 Å². The number of halogens is 1. The molecule has 3 aromatic rings. The number of nitrogens with zero attached hydrogens (tertiary/aromatic N) is 6. The molecule has 1 heterocycles. The second-order valence-electron chi connectivity index (χ2n) is 9.07. The number of carbonyl (C=O) groups is 2. The molecule has 0 aromatic heterocycles. The Kier molecular flexibility index (Phi) is 8.63. The van der Waals surface area contributed by atoms with E-state index in [9.17, 15) is 29.8 Å². The number of nitro benzene ring substituents is 2. The van der Waals surface area contributed by atoms with Crippen LogP contribution in [0.4, 0.5) is 28.4 Å². The quantitative estimate of drug-likeness (QED) is 0.0754. The minimum Gasteiger partial charge on any atom is -0.372 e. The standard InChI is InChI=1S/C27H25BrN6O6/c1-3-31(12-6-7-13-32-26(35)20-8-4-5-9-21(20)27(32)36)18-10-11-23(17(2)14-18)29-30-25-22(28)15-19(33(37)38)16-24(25)34(39)40/h4-5,8-11,14-16H,3,6-7,12-13H2,1-2H3. The predicted octanol–water partition coefficient (Wildman–Crippen LogP) is 6.89. The normalized spacial score (nSPS) is 12.7. The number of hydrogen-bond acceptors (Lipinski definition) is 9. The van der Waals surface area contributed by atoms with Crippen molar-refractivity contribution in [3.63, 3.8) is 0 Å². The lowest BCUT2D eigenvalue weighted by Gasteiger charge is -2.24. The van der Waals surface area contributed by atoms with E-state index in [1.54, 1.807) is 30.3 Å². The van der Waals surface area contributed by atoms with Gasteiger partial charge in [0, 0.05) is 31.4 Å². The number of carbonyl (C=O) groups excluding carboxylic acids is 2. The number of hydrogen-bond donors (Lipinski definition) is 0. The lowest BCUT2D eigenvalue weighted by molar-refractivity contribution is -0.393. The molecule has 3 aromatic carbocycles. The van der Waals surface area contributed by atoms with Crippen LogP contribution < -0.4 is 4.90 Å². The zero-order chi connectivity index (χ0) is 29.0. The van der Waals surface area contributed by atoms with Gasteiger partial charge in [-0.15, -0.1) is 10.2 Å². The van der Waals surface area contributed by atoms with Crippen molar-refractivity contribution in [2.24, 2.45) is 10.2 Å². The first-order chi connectivity index (χ1) is 19.1. The highest BCUT2D eigenvalue weighted by molar-refractivity contribution is 9.10. The number of amides is 2. The van der Waals surface area contributed by atoms with Crippen molar-refractivity contribution < 1.29 is 19.4 Å². The van der Waals surface area contributed by atoms with Gasteiger partial charge in [-0.3, -0.25) is 34.7 Å². The number of fused-ring (bicyclic) bond motifs is 1. The first-order valence-corrected chi connectivity index (χ1v) is 13.3. The van der Waals surface area contributed by atoms with Crippen molar-refractivity contribution in [3.05, 3.63) is 96.0 Å². The van der Waals surface area contributed by atoms with Gasteiger partial charge < -0.3 is 4.90 Å². The van der Waals surface area contributed by atoms with E-state index >= 15 is 0 Å². The molecule has 2 amide bonds. The van der Waals surface area contributed by atoms with Crippen LogP contribution >= 0.6 is 15.9 Å². The summed E-state index contributed by atoms with van der Waals surface area (Å²) in [6.07, 6.45) is 1.43. The van der Waals surface area contributed by atoms with Crippen LogP contribution in [0.5, 0.6) is 0 Å². The van der Waals surface area contributed by atoms with Crippen molar-refractivity contribution in [2.45, 2.75) is 26.7 Å². The largest absolute Gasteiger partial charge is 0.372 e. The van der Waals surface area contributed by atoms with Crippen LogP contribution in [0.2, 0.25) is 0 Å². The van der Waals surface area contributed by atoms with E-state index in [0.717, 1.165) is 36.3 Å². The molecule has 0 fully saturated rings. The summed E-state index contributed by atoms with van der Waals surface area (Å²) in [5.41, 5.74) is 2.04. The molecular formula is C27H25BrN6O6. The average molecular weight is 609 g/mol. The fourth-order valence-corrected chi connectivity index (χ4v) is 4.97. The second-order valence-corrected chi connectivity index (χ2v) is 9.93. The van der Waals surface area contributed by atoms with Crippen molar-refractivity contribution in [2.75, 3.05) is 24.5 Å². The number of azo groups is 1. The Morgan fingerprint density at radius 2 is 1.60 bits per heavy atom. The molecule has 0 saturated carbocycles. The Balaban J connectivity index is 1.40. The Bertz CT molecular complexity index is 1510. The first kappa shape index (κ1) is 28.5. The predicted molar refractivity (Wildman–Crippen MR) is 152 cm³/mol. The number of unbranched alkanes of at least 4 members (excludes halogenated alkanes) is 1. The van der Waals surface area contributed by atoms with Crippen LogP contribution in [0, 0.1) is 27.2 Å². The summed E-state index contributed by atoms with van der Waals surface area (Å²) in [5, 5.41) is 30.7. The maximum absolute atomic E-state index is 12.6. The molecule has 0 saturated heterocycles. The smallest absolute Gasteiger partial charge is 0.304 e. The summed E-state index contributed by atoms with van der Waals surface area (Å²) in [6, 6.07) is 14.4. The fourth-order valence-electron chi connectivity index (χ4n) is 4.45. The van der Waals surface area contributed by atoms with Gasteiger partial charge in [-0.25, -0.2) is 0 Å². The molecule has 0 bridgehead atoms. The minimum absolute atomic E-state index is 0.0878. The number of non-ortho nitro benzene ring substituents is 1. The van der Waals surface area contributed by atoms with Gasteiger partial charge in [-0.2, -0.15) is 0 Å². The lowest BCUT2D eigenvalue weighted by Crippen LogP contribution is -2.31. The molecule has 0 radical (unpaired) electrons. The van der Waals surface area contributed by atoms with E-state index in [0.29, 0.717) is 36.3 Å². The second kappa shape index (κ2) is 12.1. The van der Waals surface area contributed by atoms with Gasteiger partial charge in [0.15, 0.2) is 5.69 Å². The molecule has 1 aliphatic rings. The van der Waals surface area contributed by atoms with Gasteiger partial charge in [0.2, 0.25) is 0 Å². The van der Waals surface area contributed by atoms with Crippen LogP contribution in [-0.4, -0.2) is 46.2 Å². The average Bonchev–Trinajstić information content (AvgIpc) is 3.17. The summed E-state index contributed by atoms with van der Waals surface area (Å²) < 4.78 is 0.0878. The van der Waals surface area contributed by atoms with Crippen molar-refractivity contribution in [1.82, 2.24) is 4.90 Å². The maximum Gasteiger partial charge on any atom is 0.304 e. The molecule has 0 spiro atoms. The molecule has 1 aliphatic heterocycles. The topological polar surface area (TPSA) is 152 Å². The summed E-state index contributed by atoms with van der Waals surface area (Å²) in [5.74, 6) is -0.501. The zero-order valence-corrected chi connectivity index (χ0v) is 23.3. The number of aryl methyl sites for hydroxylation is 1. The van der Waals surface area contributed by atoms with Crippen LogP contribution in [0.15, 0.2) is 69.3 Å². The molecule has 0 atom stereocenters. The number of rotatable bonds is 11. The number of anilines is 1. The molecule has 12 nitrogen and oxygen atoms in total.